The zero-order valence-electron chi connectivity index (χ0n) is 30.8. The van der Waals surface area contributed by atoms with E-state index in [0.29, 0.717) is 0 Å². The molecule has 0 N–H and O–H groups in total. The molecular formula is C56H36. The summed E-state index contributed by atoms with van der Waals surface area (Å²) in [6, 6.07) is 80.7. The topological polar surface area (TPSA) is 0 Å². The van der Waals surface area contributed by atoms with Gasteiger partial charge in [-0.3, -0.25) is 0 Å². The number of hydrogen-bond acceptors (Lipinski definition) is 0. The fraction of sp³-hybridized carbons (Fsp3) is 0. The lowest BCUT2D eigenvalue weighted by Gasteiger charge is -2.20. The van der Waals surface area contributed by atoms with Gasteiger partial charge in [0, 0.05) is 0 Å². The van der Waals surface area contributed by atoms with Gasteiger partial charge in [0.2, 0.25) is 0 Å². The molecule has 0 aliphatic carbocycles. The number of rotatable bonds is 5. The summed E-state index contributed by atoms with van der Waals surface area (Å²) in [7, 11) is 0. The van der Waals surface area contributed by atoms with Gasteiger partial charge in [-0.1, -0.05) is 176 Å². The second-order valence-electron chi connectivity index (χ2n) is 14.9. The van der Waals surface area contributed by atoms with E-state index < -0.39 is 0 Å². The highest BCUT2D eigenvalue weighted by molar-refractivity contribution is 6.22. The van der Waals surface area contributed by atoms with Gasteiger partial charge >= 0.3 is 0 Å². The Bertz CT molecular complexity index is 3200. The largest absolute Gasteiger partial charge is 0.0622 e. The molecule has 0 nitrogen and oxygen atoms in total. The molecule has 0 saturated heterocycles. The molecule has 0 heteroatoms. The first kappa shape index (κ1) is 32.2. The monoisotopic (exact) mass is 708 g/mol. The van der Waals surface area contributed by atoms with Gasteiger partial charge in [0.1, 0.15) is 0 Å². The predicted octanol–water partition coefficient (Wildman–Crippen LogP) is 15.8. The molecule has 0 bridgehead atoms. The van der Waals surface area contributed by atoms with E-state index in [0.717, 1.165) is 0 Å². The van der Waals surface area contributed by atoms with Crippen molar-refractivity contribution in [2.24, 2.45) is 0 Å². The van der Waals surface area contributed by atoms with Crippen molar-refractivity contribution in [1.82, 2.24) is 0 Å². The quantitative estimate of drug-likeness (QED) is 0.156. The van der Waals surface area contributed by atoms with Crippen LogP contribution in [-0.4, -0.2) is 0 Å². The first-order valence-corrected chi connectivity index (χ1v) is 19.4. The minimum absolute atomic E-state index is 1.20. The summed E-state index contributed by atoms with van der Waals surface area (Å²) in [5.74, 6) is 0. The SMILES string of the molecule is c1ccc(-c2ccc3c(-c4cc(-c5ccc6ccccc6c5)cc(-c5ccc6ccccc6c5)c4)c4ccccc4c(-c4ccc5ccccc5c4)c3c2)cc1. The molecule has 56 heavy (non-hydrogen) atoms. The first-order chi connectivity index (χ1) is 27.7. The summed E-state index contributed by atoms with van der Waals surface area (Å²) in [4.78, 5) is 0. The maximum Gasteiger partial charge on any atom is -0.00259 e. The van der Waals surface area contributed by atoms with E-state index in [4.69, 9.17) is 0 Å². The van der Waals surface area contributed by atoms with E-state index >= 15 is 0 Å². The van der Waals surface area contributed by atoms with Crippen LogP contribution >= 0.6 is 0 Å². The summed E-state index contributed by atoms with van der Waals surface area (Å²) < 4.78 is 0. The molecule has 0 aromatic heterocycles. The van der Waals surface area contributed by atoms with Gasteiger partial charge in [-0.2, -0.15) is 0 Å². The van der Waals surface area contributed by atoms with Crippen LogP contribution in [-0.2, 0) is 0 Å². The molecular weight excluding hydrogens is 673 g/mol. The van der Waals surface area contributed by atoms with Gasteiger partial charge < -0.3 is 0 Å². The van der Waals surface area contributed by atoms with Crippen LogP contribution in [0, 0.1) is 0 Å². The van der Waals surface area contributed by atoms with Crippen LogP contribution in [0.3, 0.4) is 0 Å². The lowest BCUT2D eigenvalue weighted by Crippen LogP contribution is -1.93. The minimum Gasteiger partial charge on any atom is -0.0622 e. The van der Waals surface area contributed by atoms with Crippen LogP contribution in [0.4, 0.5) is 0 Å². The fourth-order valence-electron chi connectivity index (χ4n) is 8.80. The maximum absolute atomic E-state index is 2.42. The number of benzene rings is 11. The summed E-state index contributed by atoms with van der Waals surface area (Å²) in [6.45, 7) is 0. The van der Waals surface area contributed by atoms with Crippen LogP contribution in [0.5, 0.6) is 0 Å². The molecule has 0 radical (unpaired) electrons. The van der Waals surface area contributed by atoms with Crippen molar-refractivity contribution in [1.29, 1.82) is 0 Å². The van der Waals surface area contributed by atoms with E-state index in [1.807, 2.05) is 0 Å². The standard InChI is InChI=1S/C56H36/c1-2-12-37(13-3-1)46-28-29-53-54(36-46)55(47-27-24-40-16-6-9-19-43(40)32-47)51-20-10-11-21-52(51)56(53)50-34-48(44-25-22-38-14-4-7-17-41(38)30-44)33-49(35-50)45-26-23-39-15-5-8-18-42(39)31-45/h1-36H. The molecule has 11 aromatic carbocycles. The van der Waals surface area contributed by atoms with Crippen molar-refractivity contribution in [2.75, 3.05) is 0 Å². The second kappa shape index (κ2) is 13.2. The molecule has 0 fully saturated rings. The fourth-order valence-corrected chi connectivity index (χ4v) is 8.80. The normalized spacial score (nSPS) is 11.6. The molecule has 260 valence electrons. The molecule has 11 aromatic rings. The van der Waals surface area contributed by atoms with Gasteiger partial charge in [0.25, 0.3) is 0 Å². The Morgan fingerprint density at radius 1 is 0.161 bits per heavy atom. The van der Waals surface area contributed by atoms with Gasteiger partial charge in [0.05, 0.1) is 0 Å². The Labute approximate surface area is 326 Å². The maximum atomic E-state index is 2.42. The minimum atomic E-state index is 1.20. The molecule has 0 heterocycles. The Hall–Kier alpha value is -7.28. The first-order valence-electron chi connectivity index (χ1n) is 19.4. The van der Waals surface area contributed by atoms with Crippen molar-refractivity contribution in [3.63, 3.8) is 0 Å². The van der Waals surface area contributed by atoms with E-state index in [1.54, 1.807) is 0 Å². The van der Waals surface area contributed by atoms with Crippen molar-refractivity contribution in [3.05, 3.63) is 218 Å². The summed E-state index contributed by atoms with van der Waals surface area (Å²) in [5, 5.41) is 12.5. The van der Waals surface area contributed by atoms with E-state index in [9.17, 15) is 0 Å². The number of hydrogen-bond donors (Lipinski definition) is 0. The molecule has 0 saturated carbocycles. The molecule has 0 aliphatic rings. The average Bonchev–Trinajstić information content (AvgIpc) is 3.27. The Kier molecular flexibility index (Phi) is 7.60. The van der Waals surface area contributed by atoms with E-state index in [1.165, 1.54) is 109 Å². The molecule has 11 rings (SSSR count). The van der Waals surface area contributed by atoms with Gasteiger partial charge in [-0.15, -0.1) is 0 Å². The van der Waals surface area contributed by atoms with E-state index in [-0.39, 0.29) is 0 Å². The summed E-state index contributed by atoms with van der Waals surface area (Å²) in [5.41, 5.74) is 12.2. The smallest absolute Gasteiger partial charge is 0.00259 e. The summed E-state index contributed by atoms with van der Waals surface area (Å²) >= 11 is 0. The third-order valence-electron chi connectivity index (χ3n) is 11.6. The molecule has 0 aliphatic heterocycles. The Balaban J connectivity index is 1.23. The van der Waals surface area contributed by atoms with Gasteiger partial charge in [-0.25, -0.2) is 0 Å². The van der Waals surface area contributed by atoms with E-state index in [2.05, 4.69) is 218 Å². The van der Waals surface area contributed by atoms with Crippen molar-refractivity contribution < 1.29 is 0 Å². The average molecular weight is 709 g/mol. The van der Waals surface area contributed by atoms with Crippen LogP contribution in [0.2, 0.25) is 0 Å². The lowest BCUT2D eigenvalue weighted by atomic mass is 9.83. The zero-order chi connectivity index (χ0) is 37.0. The molecule has 0 amide bonds. The van der Waals surface area contributed by atoms with Gasteiger partial charge in [0.15, 0.2) is 0 Å². The lowest BCUT2D eigenvalue weighted by molar-refractivity contribution is 1.60. The van der Waals surface area contributed by atoms with Crippen LogP contribution < -0.4 is 0 Å². The Morgan fingerprint density at radius 3 is 1.09 bits per heavy atom. The van der Waals surface area contributed by atoms with Crippen LogP contribution in [0.15, 0.2) is 218 Å². The Morgan fingerprint density at radius 2 is 0.536 bits per heavy atom. The highest BCUT2D eigenvalue weighted by Gasteiger charge is 2.19. The molecule has 0 unspecified atom stereocenters. The van der Waals surface area contributed by atoms with Crippen molar-refractivity contribution in [3.8, 4) is 55.6 Å². The van der Waals surface area contributed by atoms with Gasteiger partial charge in [-0.05, 0) is 152 Å². The summed E-state index contributed by atoms with van der Waals surface area (Å²) in [6.07, 6.45) is 0. The van der Waals surface area contributed by atoms with Crippen molar-refractivity contribution in [2.45, 2.75) is 0 Å². The third-order valence-corrected chi connectivity index (χ3v) is 11.6. The highest BCUT2D eigenvalue weighted by Crippen LogP contribution is 2.47. The zero-order valence-corrected chi connectivity index (χ0v) is 30.8. The predicted molar refractivity (Wildman–Crippen MR) is 241 cm³/mol. The van der Waals surface area contributed by atoms with Crippen LogP contribution in [0.25, 0.3) is 109 Å². The van der Waals surface area contributed by atoms with Crippen molar-refractivity contribution >= 4 is 53.9 Å². The van der Waals surface area contributed by atoms with Crippen LogP contribution in [0.1, 0.15) is 0 Å². The number of fused-ring (bicyclic) bond motifs is 5. The third kappa shape index (κ3) is 5.54. The molecule has 0 spiro atoms. The highest BCUT2D eigenvalue weighted by atomic mass is 14.2. The second-order valence-corrected chi connectivity index (χ2v) is 14.9. The molecule has 0 atom stereocenters.